The van der Waals surface area contributed by atoms with Crippen LogP contribution < -0.4 is 0 Å². The molecule has 9 heteroatoms. The largest absolute Gasteiger partial charge is 0.524 e. The van der Waals surface area contributed by atoms with E-state index < -0.39 is 42.9 Å². The number of hydrogen-bond donors (Lipinski definition) is 0. The molecule has 0 saturated carbocycles. The van der Waals surface area contributed by atoms with Gasteiger partial charge in [-0.3, -0.25) is 9.59 Å². The Labute approximate surface area is 149 Å². The Morgan fingerprint density at radius 2 is 1.04 bits per heavy atom. The second-order valence-corrected chi connectivity index (χ2v) is 4.43. The molecule has 0 rings (SSSR count). The number of rotatable bonds is 10. The van der Waals surface area contributed by atoms with Gasteiger partial charge in [0.05, 0.1) is 24.0 Å². The van der Waals surface area contributed by atoms with Crippen LogP contribution in [0.4, 0.5) is 4.79 Å². The summed E-state index contributed by atoms with van der Waals surface area (Å²) in [5.41, 5.74) is 0.00137. The summed E-state index contributed by atoms with van der Waals surface area (Å²) in [6, 6.07) is 0. The number of esters is 4. The summed E-state index contributed by atoms with van der Waals surface area (Å²) in [5, 5.41) is 0. The van der Waals surface area contributed by atoms with Crippen LogP contribution >= 0.6 is 0 Å². The second kappa shape index (κ2) is 12.0. The molecule has 0 fully saturated rings. The predicted molar refractivity (Wildman–Crippen MR) is 87.4 cm³/mol. The molecule has 0 radical (unpaired) electrons. The second-order valence-electron chi connectivity index (χ2n) is 4.43. The number of carbonyl (C=O) groups excluding carboxylic acids is 5. The SMILES string of the molecule is C=CC(=C)C(=O)OCCC(=O)OC(=O)OC(=O)CCOC(=O)C(=C)C=C. The molecule has 0 N–H and O–H groups in total. The molecule has 0 aromatic heterocycles. The molecule has 0 bridgehead atoms. The highest BCUT2D eigenvalue weighted by molar-refractivity contribution is 5.92. The van der Waals surface area contributed by atoms with Crippen molar-refractivity contribution in [1.82, 2.24) is 0 Å². The van der Waals surface area contributed by atoms with Gasteiger partial charge in [-0.05, 0) is 0 Å². The van der Waals surface area contributed by atoms with Crippen LogP contribution in [0.1, 0.15) is 12.8 Å². The lowest BCUT2D eigenvalue weighted by atomic mass is 10.3. The minimum absolute atomic E-state index is 0.000685. The number of hydrogen-bond acceptors (Lipinski definition) is 9. The van der Waals surface area contributed by atoms with Crippen molar-refractivity contribution in [2.24, 2.45) is 0 Å². The van der Waals surface area contributed by atoms with E-state index in [1.54, 1.807) is 0 Å². The van der Waals surface area contributed by atoms with E-state index in [2.05, 4.69) is 45.3 Å². The van der Waals surface area contributed by atoms with Crippen molar-refractivity contribution in [1.29, 1.82) is 0 Å². The quantitative estimate of drug-likeness (QED) is 0.186. The minimum Gasteiger partial charge on any atom is -0.461 e. The van der Waals surface area contributed by atoms with Crippen molar-refractivity contribution >= 4 is 30.0 Å². The molecular formula is C17H18O9. The maximum absolute atomic E-state index is 11.3. The van der Waals surface area contributed by atoms with Crippen molar-refractivity contribution in [3.05, 3.63) is 49.6 Å². The first-order valence-electron chi connectivity index (χ1n) is 7.13. The molecule has 9 nitrogen and oxygen atoms in total. The highest BCUT2D eigenvalue weighted by Crippen LogP contribution is 2.00. The standard InChI is InChI=1S/C17H18O9/c1-5-11(3)15(20)23-9-7-13(18)25-17(22)26-14(19)8-10-24-16(21)12(4)6-2/h5-6H,1-4,7-10H2. The zero-order valence-corrected chi connectivity index (χ0v) is 14.0. The van der Waals surface area contributed by atoms with E-state index in [-0.39, 0.29) is 24.4 Å². The van der Waals surface area contributed by atoms with E-state index in [1.807, 2.05) is 0 Å². The molecule has 0 aromatic rings. The van der Waals surface area contributed by atoms with E-state index in [9.17, 15) is 24.0 Å². The fourth-order valence-corrected chi connectivity index (χ4v) is 1.11. The molecule has 0 unspecified atom stereocenters. The van der Waals surface area contributed by atoms with Crippen LogP contribution in [0.15, 0.2) is 49.6 Å². The predicted octanol–water partition coefficient (Wildman–Crippen LogP) is 1.54. The topological polar surface area (TPSA) is 122 Å². The molecule has 0 amide bonds. The van der Waals surface area contributed by atoms with Gasteiger partial charge in [-0.1, -0.05) is 38.5 Å². The average molecular weight is 366 g/mol. The van der Waals surface area contributed by atoms with Gasteiger partial charge >= 0.3 is 30.0 Å². The molecule has 0 aliphatic heterocycles. The van der Waals surface area contributed by atoms with Crippen LogP contribution in [0.25, 0.3) is 0 Å². The third-order valence-electron chi connectivity index (χ3n) is 2.49. The van der Waals surface area contributed by atoms with Gasteiger partial charge in [0.15, 0.2) is 0 Å². The monoisotopic (exact) mass is 366 g/mol. The van der Waals surface area contributed by atoms with Gasteiger partial charge in [-0.15, -0.1) is 0 Å². The fraction of sp³-hybridized carbons (Fsp3) is 0.235. The third-order valence-corrected chi connectivity index (χ3v) is 2.49. The lowest BCUT2D eigenvalue weighted by Gasteiger charge is -2.06. The smallest absolute Gasteiger partial charge is 0.461 e. The first kappa shape index (κ1) is 22.5. The van der Waals surface area contributed by atoms with Gasteiger partial charge in [0.2, 0.25) is 0 Å². The Morgan fingerprint density at radius 3 is 1.35 bits per heavy atom. The van der Waals surface area contributed by atoms with Crippen LogP contribution in [0, 0.1) is 0 Å². The Morgan fingerprint density at radius 1 is 0.692 bits per heavy atom. The van der Waals surface area contributed by atoms with E-state index in [4.69, 9.17) is 0 Å². The van der Waals surface area contributed by atoms with Crippen LogP contribution in [0.2, 0.25) is 0 Å². The first-order valence-corrected chi connectivity index (χ1v) is 7.13. The van der Waals surface area contributed by atoms with Gasteiger partial charge < -0.3 is 18.9 Å². The summed E-state index contributed by atoms with van der Waals surface area (Å²) in [6.07, 6.45) is -0.0901. The molecule has 26 heavy (non-hydrogen) atoms. The van der Waals surface area contributed by atoms with Crippen molar-refractivity contribution in [2.75, 3.05) is 13.2 Å². The van der Waals surface area contributed by atoms with E-state index in [0.717, 1.165) is 0 Å². The number of ether oxygens (including phenoxy) is 4. The summed E-state index contributed by atoms with van der Waals surface area (Å²) in [4.78, 5) is 56.2. The normalized spacial score (nSPS) is 9.23. The maximum atomic E-state index is 11.3. The van der Waals surface area contributed by atoms with Crippen molar-refractivity contribution in [2.45, 2.75) is 12.8 Å². The Balaban J connectivity index is 4.02. The summed E-state index contributed by atoms with van der Waals surface area (Å²) in [5.74, 6) is -3.71. The van der Waals surface area contributed by atoms with Gasteiger partial charge in [0, 0.05) is 0 Å². The summed E-state index contributed by atoms with van der Waals surface area (Å²) >= 11 is 0. The molecule has 0 aromatic carbocycles. The molecule has 140 valence electrons. The van der Waals surface area contributed by atoms with E-state index >= 15 is 0 Å². The number of carbonyl (C=O) groups is 5. The Hall–Kier alpha value is -3.49. The molecule has 0 spiro atoms. The lowest BCUT2D eigenvalue weighted by Crippen LogP contribution is -2.20. The molecule has 0 aliphatic rings. The van der Waals surface area contributed by atoms with Gasteiger partial charge in [-0.2, -0.15) is 0 Å². The van der Waals surface area contributed by atoms with Gasteiger partial charge in [-0.25, -0.2) is 14.4 Å². The molecule has 0 atom stereocenters. The fourth-order valence-electron chi connectivity index (χ4n) is 1.11. The minimum atomic E-state index is -1.55. The zero-order chi connectivity index (χ0) is 20.1. The summed E-state index contributed by atoms with van der Waals surface area (Å²) < 4.78 is 17.6. The summed E-state index contributed by atoms with van der Waals surface area (Å²) in [6.45, 7) is 12.6. The Kier molecular flexibility index (Phi) is 10.4. The zero-order valence-electron chi connectivity index (χ0n) is 14.0. The summed E-state index contributed by atoms with van der Waals surface area (Å²) in [7, 11) is 0. The van der Waals surface area contributed by atoms with Gasteiger partial charge in [0.1, 0.15) is 13.2 Å². The Bertz CT molecular complexity index is 589. The highest BCUT2D eigenvalue weighted by atomic mass is 16.8. The van der Waals surface area contributed by atoms with Crippen LogP contribution in [0.5, 0.6) is 0 Å². The van der Waals surface area contributed by atoms with Crippen molar-refractivity contribution in [3.8, 4) is 0 Å². The van der Waals surface area contributed by atoms with Crippen molar-refractivity contribution in [3.63, 3.8) is 0 Å². The van der Waals surface area contributed by atoms with Crippen LogP contribution in [0.3, 0.4) is 0 Å². The van der Waals surface area contributed by atoms with E-state index in [1.165, 1.54) is 12.2 Å². The first-order chi connectivity index (χ1) is 12.2. The van der Waals surface area contributed by atoms with Crippen LogP contribution in [-0.2, 0) is 38.1 Å². The molecule has 0 heterocycles. The van der Waals surface area contributed by atoms with Gasteiger partial charge in [0.25, 0.3) is 0 Å². The third kappa shape index (κ3) is 9.60. The molecule has 0 saturated heterocycles. The molecule has 0 aliphatic carbocycles. The molecular weight excluding hydrogens is 348 g/mol. The highest BCUT2D eigenvalue weighted by Gasteiger charge is 2.17. The average Bonchev–Trinajstić information content (AvgIpc) is 2.59. The maximum Gasteiger partial charge on any atom is 0.524 e. The van der Waals surface area contributed by atoms with Crippen LogP contribution in [-0.4, -0.2) is 43.2 Å². The lowest BCUT2D eigenvalue weighted by molar-refractivity contribution is -0.148. The van der Waals surface area contributed by atoms with E-state index in [0.29, 0.717) is 0 Å². The van der Waals surface area contributed by atoms with Crippen molar-refractivity contribution < 1.29 is 42.9 Å².